The summed E-state index contributed by atoms with van der Waals surface area (Å²) in [5, 5.41) is 3.46. The maximum Gasteiger partial charge on any atom is 0.175 e. The van der Waals surface area contributed by atoms with Gasteiger partial charge in [-0.15, -0.1) is 12.4 Å². The number of piperazine rings is 1. The summed E-state index contributed by atoms with van der Waals surface area (Å²) in [6, 6.07) is 4.75. The van der Waals surface area contributed by atoms with Crippen molar-refractivity contribution < 1.29 is 9.47 Å². The van der Waals surface area contributed by atoms with Crippen molar-refractivity contribution in [2.45, 2.75) is 26.4 Å². The van der Waals surface area contributed by atoms with Gasteiger partial charge in [0, 0.05) is 32.2 Å². The zero-order chi connectivity index (χ0) is 14.5. The molecule has 0 radical (unpaired) electrons. The molecule has 0 amide bonds. The molecular formula is C15H24BrClN2O2. The first kappa shape index (κ1) is 18.6. The molecule has 0 spiro atoms. The lowest BCUT2D eigenvalue weighted by molar-refractivity contribution is 0.199. The van der Waals surface area contributed by atoms with Gasteiger partial charge in [-0.05, 0) is 47.5 Å². The Morgan fingerprint density at radius 3 is 2.81 bits per heavy atom. The van der Waals surface area contributed by atoms with E-state index >= 15 is 0 Å². The van der Waals surface area contributed by atoms with Crippen LogP contribution < -0.4 is 14.8 Å². The average Bonchev–Trinajstić information content (AvgIpc) is 2.41. The van der Waals surface area contributed by atoms with E-state index in [-0.39, 0.29) is 12.4 Å². The van der Waals surface area contributed by atoms with Crippen molar-refractivity contribution in [2.24, 2.45) is 0 Å². The van der Waals surface area contributed by atoms with Crippen molar-refractivity contribution in [3.05, 3.63) is 22.2 Å². The number of hydrogen-bond acceptors (Lipinski definition) is 4. The second-order valence-corrected chi connectivity index (χ2v) is 5.99. The lowest BCUT2D eigenvalue weighted by Crippen LogP contribution is -2.48. The van der Waals surface area contributed by atoms with Gasteiger partial charge in [-0.25, -0.2) is 0 Å². The molecule has 0 bridgehead atoms. The van der Waals surface area contributed by atoms with Crippen LogP contribution in [0.3, 0.4) is 0 Å². The fraction of sp³-hybridized carbons (Fsp3) is 0.600. The Morgan fingerprint density at radius 2 is 2.19 bits per heavy atom. The number of ether oxygens (including phenoxy) is 2. The van der Waals surface area contributed by atoms with Crippen LogP contribution in [0.4, 0.5) is 0 Å². The molecule has 120 valence electrons. The molecule has 0 unspecified atom stereocenters. The maximum atomic E-state index is 5.63. The van der Waals surface area contributed by atoms with Gasteiger partial charge in [-0.2, -0.15) is 0 Å². The fourth-order valence-electron chi connectivity index (χ4n) is 2.56. The lowest BCUT2D eigenvalue weighted by atomic mass is 10.1. The predicted molar refractivity (Wildman–Crippen MR) is 91.9 cm³/mol. The zero-order valence-corrected chi connectivity index (χ0v) is 15.2. The van der Waals surface area contributed by atoms with Crippen molar-refractivity contribution >= 4 is 28.3 Å². The molecule has 1 N–H and O–H groups in total. The van der Waals surface area contributed by atoms with Crippen LogP contribution in [0, 0.1) is 0 Å². The van der Waals surface area contributed by atoms with Crippen LogP contribution in [0.1, 0.15) is 19.4 Å². The van der Waals surface area contributed by atoms with E-state index in [0.717, 1.165) is 42.2 Å². The second-order valence-electron chi connectivity index (χ2n) is 5.13. The minimum atomic E-state index is 0. The van der Waals surface area contributed by atoms with Gasteiger partial charge in [-0.1, -0.05) is 0 Å². The van der Waals surface area contributed by atoms with E-state index in [9.17, 15) is 0 Å². The zero-order valence-electron chi connectivity index (χ0n) is 12.8. The first-order valence-electron chi connectivity index (χ1n) is 7.09. The van der Waals surface area contributed by atoms with Gasteiger partial charge < -0.3 is 14.8 Å². The third kappa shape index (κ3) is 5.02. The van der Waals surface area contributed by atoms with Crippen LogP contribution in [0.5, 0.6) is 11.5 Å². The van der Waals surface area contributed by atoms with Gasteiger partial charge in [-0.3, -0.25) is 4.90 Å². The Hall–Kier alpha value is -0.490. The fourth-order valence-corrected chi connectivity index (χ4v) is 3.17. The van der Waals surface area contributed by atoms with Gasteiger partial charge in [0.25, 0.3) is 0 Å². The molecule has 1 fully saturated rings. The molecule has 1 atom stereocenters. The van der Waals surface area contributed by atoms with Crippen molar-refractivity contribution in [1.29, 1.82) is 0 Å². The topological polar surface area (TPSA) is 33.7 Å². The standard InChI is InChI=1S/C15H23BrN2O2.ClH/c1-4-20-15-13(16)7-12(8-14(15)19-3)10-18-6-5-17-11(2)9-18;/h7-8,11,17H,4-6,9-10H2,1-3H3;1H/t11-;/m0./s1. The van der Waals surface area contributed by atoms with Crippen molar-refractivity contribution in [1.82, 2.24) is 10.2 Å². The Balaban J connectivity index is 0.00000220. The van der Waals surface area contributed by atoms with Crippen LogP contribution in [-0.2, 0) is 6.54 Å². The predicted octanol–water partition coefficient (Wildman–Crippen LogP) is 3.07. The van der Waals surface area contributed by atoms with Crippen molar-refractivity contribution in [2.75, 3.05) is 33.4 Å². The molecule has 1 heterocycles. The molecule has 4 nitrogen and oxygen atoms in total. The maximum absolute atomic E-state index is 5.63. The van der Waals surface area contributed by atoms with Crippen LogP contribution in [0.25, 0.3) is 0 Å². The van der Waals surface area contributed by atoms with Gasteiger partial charge in [0.05, 0.1) is 18.2 Å². The number of benzene rings is 1. The van der Waals surface area contributed by atoms with Crippen LogP contribution in [-0.4, -0.2) is 44.3 Å². The smallest absolute Gasteiger partial charge is 0.175 e. The molecular weight excluding hydrogens is 356 g/mol. The molecule has 1 aliphatic rings. The number of methoxy groups -OCH3 is 1. The summed E-state index contributed by atoms with van der Waals surface area (Å²) in [4.78, 5) is 2.46. The summed E-state index contributed by atoms with van der Waals surface area (Å²) >= 11 is 3.58. The van der Waals surface area contributed by atoms with E-state index in [1.54, 1.807) is 7.11 Å². The molecule has 1 aromatic rings. The number of nitrogens with one attached hydrogen (secondary N) is 1. The molecule has 1 aromatic carbocycles. The Labute approximate surface area is 141 Å². The van der Waals surface area contributed by atoms with Crippen LogP contribution in [0.2, 0.25) is 0 Å². The van der Waals surface area contributed by atoms with E-state index in [4.69, 9.17) is 9.47 Å². The first-order chi connectivity index (χ1) is 9.63. The largest absolute Gasteiger partial charge is 0.493 e. The highest BCUT2D eigenvalue weighted by Crippen LogP contribution is 2.37. The van der Waals surface area contributed by atoms with E-state index in [0.29, 0.717) is 12.6 Å². The number of rotatable bonds is 5. The van der Waals surface area contributed by atoms with Crippen molar-refractivity contribution in [3.8, 4) is 11.5 Å². The quantitative estimate of drug-likeness (QED) is 0.852. The first-order valence-corrected chi connectivity index (χ1v) is 7.88. The number of hydrogen-bond donors (Lipinski definition) is 1. The van der Waals surface area contributed by atoms with Crippen LogP contribution >= 0.6 is 28.3 Å². The molecule has 0 aromatic heterocycles. The Kier molecular flexibility index (Phi) is 7.81. The monoisotopic (exact) mass is 378 g/mol. The summed E-state index contributed by atoms with van der Waals surface area (Å²) in [5.41, 5.74) is 1.24. The minimum absolute atomic E-state index is 0. The minimum Gasteiger partial charge on any atom is -0.493 e. The average molecular weight is 380 g/mol. The van der Waals surface area contributed by atoms with Gasteiger partial charge in [0.2, 0.25) is 0 Å². The molecule has 21 heavy (non-hydrogen) atoms. The number of nitrogens with zero attached hydrogens (tertiary/aromatic N) is 1. The van der Waals surface area contributed by atoms with E-state index in [1.807, 2.05) is 6.92 Å². The third-order valence-corrected chi connectivity index (χ3v) is 4.03. The molecule has 2 rings (SSSR count). The van der Waals surface area contributed by atoms with Gasteiger partial charge in [0.1, 0.15) is 0 Å². The Morgan fingerprint density at radius 1 is 1.43 bits per heavy atom. The summed E-state index contributed by atoms with van der Waals surface area (Å²) in [6.45, 7) is 8.97. The normalized spacial score (nSPS) is 19.0. The SMILES string of the molecule is CCOc1c(Br)cc(CN2CCN[C@@H](C)C2)cc1OC.Cl. The molecule has 1 saturated heterocycles. The summed E-state index contributed by atoms with van der Waals surface area (Å²) in [6.07, 6.45) is 0. The molecule has 0 saturated carbocycles. The summed E-state index contributed by atoms with van der Waals surface area (Å²) < 4.78 is 12.0. The van der Waals surface area contributed by atoms with Crippen molar-refractivity contribution in [3.63, 3.8) is 0 Å². The highest BCUT2D eigenvalue weighted by Gasteiger charge is 2.17. The van der Waals surface area contributed by atoms with Gasteiger partial charge in [0.15, 0.2) is 11.5 Å². The van der Waals surface area contributed by atoms with Crippen LogP contribution in [0.15, 0.2) is 16.6 Å². The van der Waals surface area contributed by atoms with E-state index in [2.05, 4.69) is 45.2 Å². The molecule has 0 aliphatic carbocycles. The highest BCUT2D eigenvalue weighted by molar-refractivity contribution is 9.10. The second kappa shape index (κ2) is 8.83. The summed E-state index contributed by atoms with van der Waals surface area (Å²) in [7, 11) is 1.68. The third-order valence-electron chi connectivity index (χ3n) is 3.44. The lowest BCUT2D eigenvalue weighted by Gasteiger charge is -2.32. The summed E-state index contributed by atoms with van der Waals surface area (Å²) in [5.74, 6) is 1.58. The van der Waals surface area contributed by atoms with E-state index < -0.39 is 0 Å². The highest BCUT2D eigenvalue weighted by atomic mass is 79.9. The van der Waals surface area contributed by atoms with Gasteiger partial charge >= 0.3 is 0 Å². The Bertz CT molecular complexity index is 460. The molecule has 6 heteroatoms. The molecule has 1 aliphatic heterocycles. The number of halogens is 2. The van der Waals surface area contributed by atoms with E-state index in [1.165, 1.54) is 5.56 Å².